The van der Waals surface area contributed by atoms with Gasteiger partial charge in [-0.25, -0.2) is 0 Å². The summed E-state index contributed by atoms with van der Waals surface area (Å²) in [6.07, 6.45) is 2.40. The fraction of sp³-hybridized carbons (Fsp3) is 1.00. The summed E-state index contributed by atoms with van der Waals surface area (Å²) >= 11 is 0. The summed E-state index contributed by atoms with van der Waals surface area (Å²) in [5.41, 5.74) is 0. The quantitative estimate of drug-likeness (QED) is 0.582. The summed E-state index contributed by atoms with van der Waals surface area (Å²) in [5, 5.41) is 0. The lowest BCUT2D eigenvalue weighted by Gasteiger charge is -2.11. The van der Waals surface area contributed by atoms with Gasteiger partial charge in [0.05, 0.1) is 0 Å². The molecule has 1 N–H and O–H groups in total. The highest BCUT2D eigenvalue weighted by Gasteiger charge is 2.14. The second-order valence-electron chi connectivity index (χ2n) is 2.92. The van der Waals surface area contributed by atoms with Crippen LogP contribution in [0.2, 0.25) is 19.1 Å². The van der Waals surface area contributed by atoms with E-state index in [0.717, 1.165) is 6.04 Å². The van der Waals surface area contributed by atoms with Crippen LogP contribution in [0, 0.1) is 0 Å². The van der Waals surface area contributed by atoms with Crippen molar-refractivity contribution in [2.75, 3.05) is 0 Å². The van der Waals surface area contributed by atoms with Crippen molar-refractivity contribution in [1.29, 1.82) is 0 Å². The third-order valence-corrected chi connectivity index (χ3v) is 2.72. The zero-order valence-electron chi connectivity index (χ0n) is 6.07. The second kappa shape index (κ2) is 3.25. The van der Waals surface area contributed by atoms with Gasteiger partial charge in [0.2, 0.25) is 0 Å². The van der Waals surface area contributed by atoms with Crippen LogP contribution in [0.1, 0.15) is 19.8 Å². The molecule has 0 heterocycles. The molecule has 0 aromatic rings. The summed E-state index contributed by atoms with van der Waals surface area (Å²) in [5.74, 6) is 0. The fourth-order valence-electron chi connectivity index (χ4n) is 0.609. The minimum Gasteiger partial charge on any atom is -0.432 e. The Hall–Kier alpha value is 0.177. The van der Waals surface area contributed by atoms with Crippen molar-refractivity contribution in [1.82, 2.24) is 0 Å². The molecule has 1 nitrogen and oxygen atoms in total. The van der Waals surface area contributed by atoms with Crippen molar-refractivity contribution in [3.8, 4) is 0 Å². The lowest BCUT2D eigenvalue weighted by atomic mass is 10.4. The Kier molecular flexibility index (Phi) is 3.32. The van der Waals surface area contributed by atoms with Gasteiger partial charge in [-0.3, -0.25) is 0 Å². The van der Waals surface area contributed by atoms with Gasteiger partial charge < -0.3 is 4.80 Å². The van der Waals surface area contributed by atoms with Gasteiger partial charge in [-0.05, 0) is 19.1 Å². The van der Waals surface area contributed by atoms with Crippen molar-refractivity contribution in [2.45, 2.75) is 38.9 Å². The first kappa shape index (κ1) is 8.18. The Morgan fingerprint density at radius 1 is 1.38 bits per heavy atom. The average Bonchev–Trinajstić information content (AvgIpc) is 1.59. The molecule has 0 aliphatic carbocycles. The molecule has 0 aliphatic rings. The Morgan fingerprint density at radius 3 is 2.00 bits per heavy atom. The number of rotatable bonds is 3. The standard InChI is InChI=1S/C6H16OSi/c1-4-5-6-8(2,3)7/h7H,4-6H2,1-3H3. The van der Waals surface area contributed by atoms with E-state index < -0.39 is 8.32 Å². The van der Waals surface area contributed by atoms with Crippen LogP contribution in [0.5, 0.6) is 0 Å². The van der Waals surface area contributed by atoms with Crippen LogP contribution in [0.15, 0.2) is 0 Å². The Bertz CT molecular complexity index is 56.0. The van der Waals surface area contributed by atoms with E-state index >= 15 is 0 Å². The topological polar surface area (TPSA) is 20.2 Å². The maximum atomic E-state index is 9.29. The normalized spacial score (nSPS) is 12.0. The summed E-state index contributed by atoms with van der Waals surface area (Å²) in [6, 6.07) is 1.06. The molecule has 0 aromatic carbocycles. The van der Waals surface area contributed by atoms with E-state index in [0.29, 0.717) is 0 Å². The Labute approximate surface area is 52.9 Å². The molecule has 0 bridgehead atoms. The average molecular weight is 132 g/mol. The zero-order valence-corrected chi connectivity index (χ0v) is 7.07. The summed E-state index contributed by atoms with van der Waals surface area (Å²) in [7, 11) is -1.68. The van der Waals surface area contributed by atoms with Crippen LogP contribution in [0.25, 0.3) is 0 Å². The molecule has 0 unspecified atom stereocenters. The van der Waals surface area contributed by atoms with E-state index in [1.807, 2.05) is 13.1 Å². The third kappa shape index (κ3) is 6.18. The van der Waals surface area contributed by atoms with E-state index in [9.17, 15) is 4.80 Å². The van der Waals surface area contributed by atoms with Crippen LogP contribution in [-0.4, -0.2) is 13.1 Å². The molecule has 8 heavy (non-hydrogen) atoms. The molecule has 0 saturated heterocycles. The molecular weight excluding hydrogens is 116 g/mol. The highest BCUT2D eigenvalue weighted by atomic mass is 28.4. The van der Waals surface area contributed by atoms with Gasteiger partial charge in [0.15, 0.2) is 8.32 Å². The van der Waals surface area contributed by atoms with Crippen molar-refractivity contribution in [2.24, 2.45) is 0 Å². The molecule has 0 spiro atoms. The van der Waals surface area contributed by atoms with Gasteiger partial charge >= 0.3 is 0 Å². The van der Waals surface area contributed by atoms with Crippen LogP contribution in [0.3, 0.4) is 0 Å². The lowest BCUT2D eigenvalue weighted by molar-refractivity contribution is 0.543. The van der Waals surface area contributed by atoms with Crippen molar-refractivity contribution in [3.63, 3.8) is 0 Å². The fourth-order valence-corrected chi connectivity index (χ4v) is 1.83. The van der Waals surface area contributed by atoms with E-state index in [1.54, 1.807) is 0 Å². The Balaban J connectivity index is 3.11. The smallest absolute Gasteiger partial charge is 0.182 e. The first-order valence-corrected chi connectivity index (χ1v) is 6.44. The minimum absolute atomic E-state index is 1.06. The van der Waals surface area contributed by atoms with E-state index in [2.05, 4.69) is 6.92 Å². The number of hydrogen-bond acceptors (Lipinski definition) is 1. The van der Waals surface area contributed by atoms with Crippen LogP contribution < -0.4 is 0 Å². The molecule has 0 atom stereocenters. The van der Waals surface area contributed by atoms with Crippen LogP contribution >= 0.6 is 0 Å². The maximum Gasteiger partial charge on any atom is 0.182 e. The minimum atomic E-state index is -1.68. The summed E-state index contributed by atoms with van der Waals surface area (Å²) in [6.45, 7) is 6.13. The highest BCUT2D eigenvalue weighted by molar-refractivity contribution is 6.69. The SMILES string of the molecule is CCCC[Si](C)(C)O. The van der Waals surface area contributed by atoms with Crippen LogP contribution in [-0.2, 0) is 0 Å². The molecule has 0 aliphatic heterocycles. The predicted molar refractivity (Wildman–Crippen MR) is 39.4 cm³/mol. The summed E-state index contributed by atoms with van der Waals surface area (Å²) < 4.78 is 0. The first-order chi connectivity index (χ1) is 3.56. The van der Waals surface area contributed by atoms with Crippen molar-refractivity contribution < 1.29 is 4.80 Å². The Morgan fingerprint density at radius 2 is 1.88 bits per heavy atom. The van der Waals surface area contributed by atoms with Gasteiger partial charge in [0, 0.05) is 0 Å². The first-order valence-electron chi connectivity index (χ1n) is 3.28. The predicted octanol–water partition coefficient (Wildman–Crippen LogP) is 1.98. The monoisotopic (exact) mass is 132 g/mol. The molecule has 0 amide bonds. The van der Waals surface area contributed by atoms with E-state index in [-0.39, 0.29) is 0 Å². The molecule has 2 heteroatoms. The number of hydrogen-bond donors (Lipinski definition) is 1. The third-order valence-electron chi connectivity index (χ3n) is 1.14. The molecular formula is C6H16OSi. The molecule has 0 radical (unpaired) electrons. The van der Waals surface area contributed by atoms with Gasteiger partial charge in [-0.1, -0.05) is 19.8 Å². The van der Waals surface area contributed by atoms with E-state index in [1.165, 1.54) is 12.8 Å². The molecule has 0 aromatic heterocycles. The zero-order chi connectivity index (χ0) is 6.62. The van der Waals surface area contributed by atoms with Gasteiger partial charge in [0.25, 0.3) is 0 Å². The second-order valence-corrected chi connectivity index (χ2v) is 7.04. The summed E-state index contributed by atoms with van der Waals surface area (Å²) in [4.78, 5) is 9.29. The van der Waals surface area contributed by atoms with Crippen molar-refractivity contribution >= 4 is 8.32 Å². The molecule has 0 fully saturated rings. The van der Waals surface area contributed by atoms with Crippen molar-refractivity contribution in [3.05, 3.63) is 0 Å². The molecule has 50 valence electrons. The number of unbranched alkanes of at least 4 members (excludes halogenated alkanes) is 1. The van der Waals surface area contributed by atoms with Gasteiger partial charge in [0.1, 0.15) is 0 Å². The van der Waals surface area contributed by atoms with Crippen LogP contribution in [0.4, 0.5) is 0 Å². The lowest BCUT2D eigenvalue weighted by Crippen LogP contribution is -2.23. The van der Waals surface area contributed by atoms with Gasteiger partial charge in [-0.15, -0.1) is 0 Å². The largest absolute Gasteiger partial charge is 0.432 e. The van der Waals surface area contributed by atoms with Gasteiger partial charge in [-0.2, -0.15) is 0 Å². The molecule has 0 rings (SSSR count). The maximum absolute atomic E-state index is 9.29. The molecule has 0 saturated carbocycles. The highest BCUT2D eigenvalue weighted by Crippen LogP contribution is 2.08. The van der Waals surface area contributed by atoms with E-state index in [4.69, 9.17) is 0 Å².